The Bertz CT molecular complexity index is 546. The summed E-state index contributed by atoms with van der Waals surface area (Å²) in [6.07, 6.45) is 0. The number of benzene rings is 2. The van der Waals surface area contributed by atoms with Crippen LogP contribution in [0.5, 0.6) is 0 Å². The van der Waals surface area contributed by atoms with Crippen LogP contribution in [0.1, 0.15) is 11.1 Å². The molecule has 0 saturated heterocycles. The number of hydrogen-bond acceptors (Lipinski definition) is 5. The van der Waals surface area contributed by atoms with E-state index in [9.17, 15) is 0 Å². The van der Waals surface area contributed by atoms with Crippen molar-refractivity contribution in [1.82, 2.24) is 0 Å². The molecule has 0 aliphatic heterocycles. The second-order valence-corrected chi connectivity index (χ2v) is 6.90. The topological polar surface area (TPSA) is 63.2 Å². The van der Waals surface area contributed by atoms with Gasteiger partial charge in [0.25, 0.3) is 0 Å². The Morgan fingerprint density at radius 1 is 0.818 bits per heavy atom. The molecule has 0 aromatic heterocycles. The molecule has 2 rings (SSSR count). The molecule has 3 nitrogen and oxygen atoms in total. The van der Waals surface area contributed by atoms with Crippen LogP contribution in [0.2, 0.25) is 0 Å². The van der Waals surface area contributed by atoms with E-state index >= 15 is 0 Å². The van der Waals surface area contributed by atoms with Gasteiger partial charge >= 0.3 is 103 Å². The Hall–Kier alpha value is 2.35. The van der Waals surface area contributed by atoms with Crippen molar-refractivity contribution >= 4 is 32.0 Å². The summed E-state index contributed by atoms with van der Waals surface area (Å²) in [4.78, 5) is 0. The van der Waals surface area contributed by atoms with Gasteiger partial charge in [0.05, 0.1) is 0 Å². The van der Waals surface area contributed by atoms with Gasteiger partial charge in [-0.2, -0.15) is 11.8 Å². The summed E-state index contributed by atoms with van der Waals surface area (Å²) in [6.45, 7) is 0. The van der Waals surface area contributed by atoms with Crippen molar-refractivity contribution in [2.24, 2.45) is 0 Å². The van der Waals surface area contributed by atoms with Gasteiger partial charge < -0.3 is 9.11 Å². The van der Waals surface area contributed by atoms with Gasteiger partial charge in [0.2, 0.25) is 0 Å². The van der Waals surface area contributed by atoms with Crippen LogP contribution in [-0.2, 0) is 31.7 Å². The Morgan fingerprint density at radius 2 is 1.09 bits per heavy atom. The fourth-order valence-electron chi connectivity index (χ4n) is 1.44. The van der Waals surface area contributed by atoms with E-state index in [0.29, 0.717) is 0 Å². The minimum absolute atomic E-state index is 0. The molecule has 0 N–H and O–H groups in total. The molecular weight excluding hydrogens is 391 g/mol. The van der Waals surface area contributed by atoms with Crippen LogP contribution >= 0.6 is 11.8 Å². The molecule has 0 heterocycles. The molecule has 0 spiro atoms. The van der Waals surface area contributed by atoms with Gasteiger partial charge in [-0.15, -0.1) is 9.05 Å². The van der Waals surface area contributed by atoms with Crippen molar-refractivity contribution in [3.63, 3.8) is 0 Å². The normalized spacial score (nSPS) is 9.55. The molecule has 22 heavy (non-hydrogen) atoms. The van der Waals surface area contributed by atoms with Crippen LogP contribution < -0.4 is 103 Å². The number of hydrogen-bond donors (Lipinski definition) is 0. The van der Waals surface area contributed by atoms with E-state index in [1.54, 1.807) is 0 Å². The second-order valence-electron chi connectivity index (χ2n) is 3.87. The fourth-order valence-corrected chi connectivity index (χ4v) is 2.39. The van der Waals surface area contributed by atoms with Crippen molar-refractivity contribution in [1.29, 1.82) is 0 Å². The first-order valence-corrected chi connectivity index (χ1v) is 9.26. The number of rotatable bonds is 4. The molecule has 108 valence electrons. The third-order valence-corrected chi connectivity index (χ3v) is 3.30. The molecule has 0 aliphatic rings. The smallest absolute Gasteiger partial charge is 0.780 e. The number of thioether (sulfide) groups is 1. The van der Waals surface area contributed by atoms with Crippen molar-refractivity contribution in [3.05, 3.63) is 71.8 Å². The minimum atomic E-state index is -4.33. The van der Waals surface area contributed by atoms with Gasteiger partial charge in [-0.05, 0) is 22.3 Å². The summed E-state index contributed by atoms with van der Waals surface area (Å²) in [5.41, 5.74) is 2.80. The van der Waals surface area contributed by atoms with E-state index in [-0.39, 0.29) is 103 Å². The molecule has 0 atom stereocenters. The molecule has 0 unspecified atom stereocenters. The summed E-state index contributed by atoms with van der Waals surface area (Å²) < 4.78 is 26.7. The van der Waals surface area contributed by atoms with E-state index in [0.717, 1.165) is 11.5 Å². The molecule has 0 aliphatic carbocycles. The maximum Gasteiger partial charge on any atom is 1.00 e. The molecule has 0 bridgehead atoms. The third-order valence-electron chi connectivity index (χ3n) is 2.22. The molecule has 2 aromatic carbocycles. The van der Waals surface area contributed by atoms with Gasteiger partial charge in [-0.25, -0.2) is 0 Å². The van der Waals surface area contributed by atoms with Crippen molar-refractivity contribution in [2.45, 2.75) is 11.5 Å². The molecule has 0 saturated carbocycles. The minimum Gasteiger partial charge on any atom is -0.780 e. The molecule has 2 aromatic rings. The monoisotopic (exact) mass is 404 g/mol. The average Bonchev–Trinajstić information content (AvgIpc) is 2.39. The van der Waals surface area contributed by atoms with Crippen LogP contribution in [0, 0.1) is 0 Å². The Balaban J connectivity index is 0. The third kappa shape index (κ3) is 17.2. The van der Waals surface area contributed by atoms with E-state index in [4.69, 9.17) is 13.3 Å². The second kappa shape index (κ2) is 15.6. The van der Waals surface area contributed by atoms with E-state index in [2.05, 4.69) is 71.9 Å². The summed E-state index contributed by atoms with van der Waals surface area (Å²) >= 11 is 5.20. The summed E-state index contributed by atoms with van der Waals surface area (Å²) in [7, 11) is -4.33. The summed E-state index contributed by atoms with van der Waals surface area (Å²) in [5, 5.41) is 0. The molecular formula is C14H14K2O3S3. The zero-order chi connectivity index (χ0) is 14.8. The summed E-state index contributed by atoms with van der Waals surface area (Å²) in [6, 6.07) is 21.2. The van der Waals surface area contributed by atoms with Gasteiger partial charge in [0.15, 0.2) is 0 Å². The first kappa shape index (κ1) is 26.6. The van der Waals surface area contributed by atoms with E-state index < -0.39 is 9.05 Å². The SMILES string of the molecule is O=S([O-])([O-])=S.[K+].[K+].c1ccc(CSCc2ccccc2)cc1. The first-order chi connectivity index (χ1) is 9.45. The van der Waals surface area contributed by atoms with Crippen LogP contribution in [0.3, 0.4) is 0 Å². The first-order valence-electron chi connectivity index (χ1n) is 5.77. The predicted octanol–water partition coefficient (Wildman–Crippen LogP) is -2.88. The van der Waals surface area contributed by atoms with Crippen LogP contribution in [-0.4, -0.2) is 13.3 Å². The average molecular weight is 405 g/mol. The van der Waals surface area contributed by atoms with Crippen molar-refractivity contribution < 1.29 is 116 Å². The van der Waals surface area contributed by atoms with Gasteiger partial charge in [-0.1, -0.05) is 60.7 Å². The zero-order valence-corrected chi connectivity index (χ0v) is 21.3. The molecule has 0 amide bonds. The fraction of sp³-hybridized carbons (Fsp3) is 0.143. The molecule has 0 fully saturated rings. The quantitative estimate of drug-likeness (QED) is 0.513. The van der Waals surface area contributed by atoms with Gasteiger partial charge in [-0.3, -0.25) is 4.21 Å². The van der Waals surface area contributed by atoms with Crippen molar-refractivity contribution in [2.75, 3.05) is 0 Å². The van der Waals surface area contributed by atoms with Crippen LogP contribution in [0.25, 0.3) is 0 Å². The largest absolute Gasteiger partial charge is 1.00 e. The standard InChI is InChI=1S/C14H14S.2K.H2O3S2/c1-3-7-13(8-4-1)11-15-12-14-9-5-2-6-10-14;;;1-5(2,3)4/h1-10H,11-12H2;;;(H2,1,2,3,4)/q;2*+1;/p-2. The zero-order valence-electron chi connectivity index (χ0n) is 12.6. The Kier molecular flexibility index (Phi) is 18.8. The maximum absolute atomic E-state index is 8.89. The molecule has 0 radical (unpaired) electrons. The van der Waals surface area contributed by atoms with Crippen LogP contribution in [0.15, 0.2) is 60.7 Å². The van der Waals surface area contributed by atoms with E-state index in [1.165, 1.54) is 11.1 Å². The van der Waals surface area contributed by atoms with E-state index in [1.807, 2.05) is 11.8 Å². The van der Waals surface area contributed by atoms with Gasteiger partial charge in [0, 0.05) is 11.5 Å². The van der Waals surface area contributed by atoms with Crippen molar-refractivity contribution in [3.8, 4) is 0 Å². The Morgan fingerprint density at radius 3 is 1.36 bits per heavy atom. The summed E-state index contributed by atoms with van der Waals surface area (Å²) in [5.74, 6) is 2.19. The predicted molar refractivity (Wildman–Crippen MR) is 84.9 cm³/mol. The Labute approximate surface area is 226 Å². The van der Waals surface area contributed by atoms with Gasteiger partial charge in [0.1, 0.15) is 0 Å². The van der Waals surface area contributed by atoms with Crippen LogP contribution in [0.4, 0.5) is 0 Å². The molecule has 8 heteroatoms. The maximum atomic E-state index is 8.89.